The van der Waals surface area contributed by atoms with Gasteiger partial charge in [-0.25, -0.2) is 8.78 Å². The smallest absolute Gasteiger partial charge is 0.129 e. The molecule has 2 aromatic carbocycles. The van der Waals surface area contributed by atoms with Crippen molar-refractivity contribution < 1.29 is 13.5 Å². The Morgan fingerprint density at radius 1 is 0.966 bits per heavy atom. The summed E-state index contributed by atoms with van der Waals surface area (Å²) < 4.78 is 33.3. The summed E-state index contributed by atoms with van der Waals surface area (Å²) in [6.07, 6.45) is 5.10. The number of ether oxygens (including phenoxy) is 1. The molecule has 1 saturated heterocycles. The van der Waals surface area contributed by atoms with Crippen LogP contribution in [-0.2, 0) is 11.2 Å². The predicted molar refractivity (Wildman–Crippen MR) is 114 cm³/mol. The zero-order valence-corrected chi connectivity index (χ0v) is 17.9. The van der Waals surface area contributed by atoms with E-state index in [1.165, 1.54) is 53.6 Å². The van der Waals surface area contributed by atoms with E-state index in [1.807, 2.05) is 0 Å². The van der Waals surface area contributed by atoms with Gasteiger partial charge in [-0.2, -0.15) is 0 Å². The van der Waals surface area contributed by atoms with E-state index in [9.17, 15) is 8.78 Å². The van der Waals surface area contributed by atoms with Crippen LogP contribution in [-0.4, -0.2) is 31.1 Å². The van der Waals surface area contributed by atoms with Crippen LogP contribution in [0.15, 0.2) is 30.3 Å². The number of nitrogens with zero attached hydrogens (tertiary/aromatic N) is 1. The van der Waals surface area contributed by atoms with Crippen LogP contribution in [0.1, 0.15) is 59.6 Å². The average molecular weight is 402 g/mol. The molecule has 3 rings (SSSR count). The van der Waals surface area contributed by atoms with E-state index < -0.39 is 11.6 Å². The molecule has 2 nitrogen and oxygen atoms in total. The number of piperidine rings is 1. The first kappa shape index (κ1) is 21.9. The van der Waals surface area contributed by atoms with Gasteiger partial charge in [0.25, 0.3) is 0 Å². The Labute approximate surface area is 173 Å². The molecule has 1 atom stereocenters. The van der Waals surface area contributed by atoms with Crippen molar-refractivity contribution in [2.24, 2.45) is 0 Å². The maximum absolute atomic E-state index is 13.9. The summed E-state index contributed by atoms with van der Waals surface area (Å²) in [5.41, 5.74) is 5.65. The van der Waals surface area contributed by atoms with Gasteiger partial charge < -0.3 is 9.64 Å². The molecular formula is C25H33F2NO. The molecule has 1 unspecified atom stereocenters. The zero-order valence-electron chi connectivity index (χ0n) is 17.9. The summed E-state index contributed by atoms with van der Waals surface area (Å²) in [5.74, 6) is -1.01. The van der Waals surface area contributed by atoms with Gasteiger partial charge in [0.05, 0.1) is 6.10 Å². The van der Waals surface area contributed by atoms with Crippen molar-refractivity contribution in [3.8, 4) is 0 Å². The van der Waals surface area contributed by atoms with Gasteiger partial charge in [-0.05, 0) is 87.9 Å². The summed E-state index contributed by atoms with van der Waals surface area (Å²) in [4.78, 5) is 2.51. The molecule has 0 aromatic heterocycles. The number of rotatable bonds is 8. The fourth-order valence-electron chi connectivity index (χ4n) is 4.52. The van der Waals surface area contributed by atoms with E-state index in [0.717, 1.165) is 25.7 Å². The number of hydrogen-bond acceptors (Lipinski definition) is 2. The Hall–Kier alpha value is -1.78. The molecule has 0 N–H and O–H groups in total. The quantitative estimate of drug-likeness (QED) is 0.498. The number of halogens is 2. The number of likely N-dealkylation sites (tertiary alicyclic amines) is 1. The molecule has 2 aromatic rings. The highest BCUT2D eigenvalue weighted by Crippen LogP contribution is 2.28. The van der Waals surface area contributed by atoms with Crippen molar-refractivity contribution >= 4 is 0 Å². The maximum Gasteiger partial charge on any atom is 0.129 e. The van der Waals surface area contributed by atoms with Gasteiger partial charge >= 0.3 is 0 Å². The second-order valence-corrected chi connectivity index (χ2v) is 8.37. The Kier molecular flexibility index (Phi) is 7.79. The first-order chi connectivity index (χ1) is 13.9. The third kappa shape index (κ3) is 6.10. The van der Waals surface area contributed by atoms with Crippen LogP contribution in [0.4, 0.5) is 8.78 Å². The minimum atomic E-state index is -0.533. The molecule has 0 spiro atoms. The molecule has 0 saturated carbocycles. The van der Waals surface area contributed by atoms with Crippen molar-refractivity contribution in [2.75, 3.05) is 26.2 Å². The van der Waals surface area contributed by atoms with Crippen LogP contribution < -0.4 is 0 Å². The van der Waals surface area contributed by atoms with Crippen molar-refractivity contribution in [1.82, 2.24) is 4.90 Å². The first-order valence-corrected chi connectivity index (χ1v) is 10.8. The van der Waals surface area contributed by atoms with E-state index >= 15 is 0 Å². The van der Waals surface area contributed by atoms with Crippen molar-refractivity contribution in [3.63, 3.8) is 0 Å². The molecule has 4 heteroatoms. The molecule has 29 heavy (non-hydrogen) atoms. The summed E-state index contributed by atoms with van der Waals surface area (Å²) in [5, 5.41) is 0. The number of aryl methyl sites for hydroxylation is 4. The van der Waals surface area contributed by atoms with Gasteiger partial charge in [0.15, 0.2) is 0 Å². The minimum Gasteiger partial charge on any atom is -0.372 e. The normalized spacial score (nSPS) is 16.2. The topological polar surface area (TPSA) is 12.5 Å². The Bertz CT molecular complexity index is 791. The highest BCUT2D eigenvalue weighted by Gasteiger charge is 2.22. The fourth-order valence-corrected chi connectivity index (χ4v) is 4.52. The van der Waals surface area contributed by atoms with E-state index in [-0.39, 0.29) is 6.10 Å². The second kappa shape index (κ2) is 10.3. The van der Waals surface area contributed by atoms with E-state index in [4.69, 9.17) is 4.74 Å². The molecule has 1 aliphatic heterocycles. The lowest BCUT2D eigenvalue weighted by atomic mass is 9.94. The van der Waals surface area contributed by atoms with E-state index in [1.54, 1.807) is 0 Å². The van der Waals surface area contributed by atoms with Gasteiger partial charge in [-0.3, -0.25) is 0 Å². The lowest BCUT2D eigenvalue weighted by Gasteiger charge is -2.32. The van der Waals surface area contributed by atoms with Crippen LogP contribution in [0.5, 0.6) is 0 Å². The molecule has 0 amide bonds. The maximum atomic E-state index is 13.9. The summed E-state index contributed by atoms with van der Waals surface area (Å²) >= 11 is 0. The highest BCUT2D eigenvalue weighted by molar-refractivity contribution is 5.39. The van der Waals surface area contributed by atoms with Gasteiger partial charge in [-0.15, -0.1) is 0 Å². The van der Waals surface area contributed by atoms with Gasteiger partial charge in [0.2, 0.25) is 0 Å². The largest absolute Gasteiger partial charge is 0.372 e. The lowest BCUT2D eigenvalue weighted by Crippen LogP contribution is -2.34. The van der Waals surface area contributed by atoms with Crippen LogP contribution in [0.3, 0.4) is 0 Å². The van der Waals surface area contributed by atoms with Gasteiger partial charge in [0, 0.05) is 19.2 Å². The van der Waals surface area contributed by atoms with Crippen LogP contribution in [0.25, 0.3) is 0 Å². The predicted octanol–water partition coefficient (Wildman–Crippen LogP) is 6.07. The second-order valence-electron chi connectivity index (χ2n) is 8.37. The standard InChI is InChI=1S/C25H33F2NO/c1-18-14-19(2)25(20(3)15-18)24(17-28-11-5-4-6-12-28)29-13-7-8-21-9-10-22(26)16-23(21)27/h9-10,14-16,24H,4-8,11-13,17H2,1-3H3. The summed E-state index contributed by atoms with van der Waals surface area (Å²) in [7, 11) is 0. The summed E-state index contributed by atoms with van der Waals surface area (Å²) in [6, 6.07) is 8.25. The SMILES string of the molecule is Cc1cc(C)c(C(CN2CCCCC2)OCCCc2ccc(F)cc2F)c(C)c1. The monoisotopic (exact) mass is 401 g/mol. The average Bonchev–Trinajstić information content (AvgIpc) is 2.66. The Morgan fingerprint density at radius 3 is 2.31 bits per heavy atom. The highest BCUT2D eigenvalue weighted by atomic mass is 19.1. The molecule has 0 bridgehead atoms. The van der Waals surface area contributed by atoms with Crippen LogP contribution in [0.2, 0.25) is 0 Å². The molecule has 1 aliphatic rings. The molecular weight excluding hydrogens is 368 g/mol. The zero-order chi connectivity index (χ0) is 20.8. The van der Waals surface area contributed by atoms with Crippen molar-refractivity contribution in [2.45, 2.75) is 59.0 Å². The van der Waals surface area contributed by atoms with Gasteiger partial charge in [0.1, 0.15) is 11.6 Å². The lowest BCUT2D eigenvalue weighted by molar-refractivity contribution is 0.0188. The third-order valence-electron chi connectivity index (χ3n) is 5.86. The number of benzene rings is 2. The number of hydrogen-bond donors (Lipinski definition) is 0. The first-order valence-electron chi connectivity index (χ1n) is 10.8. The summed E-state index contributed by atoms with van der Waals surface area (Å²) in [6.45, 7) is 10.2. The van der Waals surface area contributed by atoms with Crippen molar-refractivity contribution in [1.29, 1.82) is 0 Å². The van der Waals surface area contributed by atoms with Crippen molar-refractivity contribution in [3.05, 3.63) is 69.8 Å². The Balaban J connectivity index is 1.66. The molecule has 0 radical (unpaired) electrons. The molecule has 0 aliphatic carbocycles. The van der Waals surface area contributed by atoms with Crippen LogP contribution in [0, 0.1) is 32.4 Å². The van der Waals surface area contributed by atoms with Gasteiger partial charge in [-0.1, -0.05) is 30.2 Å². The Morgan fingerprint density at radius 2 is 1.66 bits per heavy atom. The minimum absolute atomic E-state index is 0.0202. The third-order valence-corrected chi connectivity index (χ3v) is 5.86. The van der Waals surface area contributed by atoms with Crippen LogP contribution >= 0.6 is 0 Å². The molecule has 1 heterocycles. The molecule has 1 fully saturated rings. The molecule has 158 valence electrons. The fraction of sp³-hybridized carbons (Fsp3) is 0.520. The van der Waals surface area contributed by atoms with E-state index in [2.05, 4.69) is 37.8 Å². The van der Waals surface area contributed by atoms with E-state index in [0.29, 0.717) is 25.0 Å².